The van der Waals surface area contributed by atoms with Crippen molar-refractivity contribution in [2.75, 3.05) is 6.54 Å². The zero-order valence-electron chi connectivity index (χ0n) is 11.3. The van der Waals surface area contributed by atoms with E-state index in [1.54, 1.807) is 0 Å². The molecule has 0 radical (unpaired) electrons. The molecule has 0 aliphatic carbocycles. The molecule has 16 heavy (non-hydrogen) atoms. The number of carbonyl (C=O) groups excluding carboxylic acids is 1. The van der Waals surface area contributed by atoms with E-state index in [2.05, 4.69) is 64.0 Å². The normalized spacial score (nSPS) is 14.4. The van der Waals surface area contributed by atoms with Crippen molar-refractivity contribution in [3.63, 3.8) is 0 Å². The zero-order chi connectivity index (χ0) is 13.0. The van der Waals surface area contributed by atoms with E-state index in [1.165, 1.54) is 0 Å². The molecular weight excluding hydrogens is 222 g/mol. The van der Waals surface area contributed by atoms with Crippen molar-refractivity contribution in [1.82, 2.24) is 5.32 Å². The number of nitrogens with one attached hydrogen (secondary N) is 1. The van der Waals surface area contributed by atoms with Gasteiger partial charge < -0.3 is 9.50 Å². The van der Waals surface area contributed by atoms with Gasteiger partial charge in [0.25, 0.3) is 0 Å². The van der Waals surface area contributed by atoms with Gasteiger partial charge in [-0.2, -0.15) is 0 Å². The van der Waals surface area contributed by atoms with Crippen LogP contribution in [-0.4, -0.2) is 12.6 Å². The number of carbonyl (C=O) groups is 1. The molecule has 0 aromatic heterocycles. The fourth-order valence-electron chi connectivity index (χ4n) is 1.66. The maximum Gasteiger partial charge on any atom is 0.419 e. The first-order valence-corrected chi connectivity index (χ1v) is 6.02. The first-order valence-electron chi connectivity index (χ1n) is 5.65. The largest absolute Gasteiger partial charge is 0.419 e. The van der Waals surface area contributed by atoms with Gasteiger partial charge in [0, 0.05) is 19.5 Å². The summed E-state index contributed by atoms with van der Waals surface area (Å²) in [6.07, 6.45) is 0.579. The minimum Gasteiger partial charge on any atom is -0.378 e. The lowest BCUT2D eigenvalue weighted by atomic mass is 9.72. The molecule has 1 N–H and O–H groups in total. The molecule has 1 unspecified atom stereocenters. The third kappa shape index (κ3) is 6.99. The van der Waals surface area contributed by atoms with E-state index < -0.39 is 6.09 Å². The molecule has 0 aliphatic heterocycles. The van der Waals surface area contributed by atoms with Crippen LogP contribution in [0.3, 0.4) is 0 Å². The third-order valence-electron chi connectivity index (χ3n) is 2.66. The first-order chi connectivity index (χ1) is 7.06. The Bertz CT molecular complexity index is 228. The topological polar surface area (TPSA) is 38.3 Å². The van der Waals surface area contributed by atoms with Crippen LogP contribution < -0.4 is 5.32 Å². The lowest BCUT2D eigenvalue weighted by molar-refractivity contribution is 0.155. The molecule has 0 aliphatic rings. The number of hydrogen-bond donors (Lipinski definition) is 2. The Labute approximate surface area is 105 Å². The summed E-state index contributed by atoms with van der Waals surface area (Å²) in [6.45, 7) is 13.8. The zero-order valence-corrected chi connectivity index (χ0v) is 12.1. The fourth-order valence-corrected chi connectivity index (χ4v) is 1.73. The fraction of sp³-hybridized carbons (Fsp3) is 0.917. The lowest BCUT2D eigenvalue weighted by Crippen LogP contribution is -2.36. The highest BCUT2D eigenvalue weighted by Gasteiger charge is 2.29. The van der Waals surface area contributed by atoms with E-state index in [0.717, 1.165) is 6.42 Å². The summed E-state index contributed by atoms with van der Waals surface area (Å²) in [5, 5.41) is 2.72. The predicted molar refractivity (Wildman–Crippen MR) is 70.5 cm³/mol. The number of rotatable bonds is 3. The molecule has 96 valence electrons. The summed E-state index contributed by atoms with van der Waals surface area (Å²) in [5.74, 6) is 0.417. The molecular formula is C12H25NO2S. The van der Waals surface area contributed by atoms with Gasteiger partial charge in [0.15, 0.2) is 0 Å². The van der Waals surface area contributed by atoms with Crippen molar-refractivity contribution >= 4 is 19.0 Å². The maximum absolute atomic E-state index is 11.0. The summed E-state index contributed by atoms with van der Waals surface area (Å²) in [5.41, 5.74) is 0.418. The SMILES string of the molecule is CC(C)(C)CC(CNC(=O)OS)C(C)(C)C. The number of thiol groups is 1. The van der Waals surface area contributed by atoms with E-state index in [1.807, 2.05) is 0 Å². The van der Waals surface area contributed by atoms with Gasteiger partial charge in [0.05, 0.1) is 0 Å². The van der Waals surface area contributed by atoms with Gasteiger partial charge in [-0.15, -0.1) is 0 Å². The Morgan fingerprint density at radius 1 is 1.25 bits per heavy atom. The summed E-state index contributed by atoms with van der Waals surface area (Å²) < 4.78 is 4.29. The minimum absolute atomic E-state index is 0.164. The first kappa shape index (κ1) is 15.6. The highest BCUT2D eigenvalue weighted by molar-refractivity contribution is 7.75. The van der Waals surface area contributed by atoms with Gasteiger partial charge in [-0.25, -0.2) is 4.79 Å². The van der Waals surface area contributed by atoms with E-state index in [0.29, 0.717) is 12.5 Å². The van der Waals surface area contributed by atoms with Crippen molar-refractivity contribution in [3.05, 3.63) is 0 Å². The Hall–Kier alpha value is -0.380. The lowest BCUT2D eigenvalue weighted by Gasteiger charge is -2.35. The second-order valence-corrected chi connectivity index (χ2v) is 6.77. The molecule has 1 atom stereocenters. The number of hydrogen-bond acceptors (Lipinski definition) is 3. The van der Waals surface area contributed by atoms with E-state index >= 15 is 0 Å². The van der Waals surface area contributed by atoms with Crippen LogP contribution in [-0.2, 0) is 4.18 Å². The van der Waals surface area contributed by atoms with E-state index in [4.69, 9.17) is 0 Å². The standard InChI is InChI=1S/C12H25NO2S/c1-11(2,3)7-9(12(4,5)6)8-13-10(14)15-16/h9,16H,7-8H2,1-6H3,(H,13,14). The van der Waals surface area contributed by atoms with Crippen LogP contribution in [0.4, 0.5) is 4.79 Å². The molecule has 1 amide bonds. The van der Waals surface area contributed by atoms with Crippen LogP contribution in [0.2, 0.25) is 0 Å². The van der Waals surface area contributed by atoms with Crippen molar-refractivity contribution in [3.8, 4) is 0 Å². The van der Waals surface area contributed by atoms with Gasteiger partial charge in [0.2, 0.25) is 0 Å². The number of amides is 1. The van der Waals surface area contributed by atoms with Gasteiger partial charge in [-0.05, 0) is 23.2 Å². The molecule has 0 aromatic rings. The Kier molecular flexibility index (Phi) is 5.66. The molecule has 0 fully saturated rings. The molecule has 0 rings (SSSR count). The Balaban J connectivity index is 4.40. The average Bonchev–Trinajstić information content (AvgIpc) is 2.08. The average molecular weight is 247 g/mol. The monoisotopic (exact) mass is 247 g/mol. The van der Waals surface area contributed by atoms with Crippen LogP contribution in [0.5, 0.6) is 0 Å². The van der Waals surface area contributed by atoms with Gasteiger partial charge in [-0.1, -0.05) is 41.5 Å². The second kappa shape index (κ2) is 5.80. The summed E-state index contributed by atoms with van der Waals surface area (Å²) in [7, 11) is 0. The third-order valence-corrected chi connectivity index (χ3v) is 2.83. The quantitative estimate of drug-likeness (QED) is 0.590. The summed E-state index contributed by atoms with van der Waals surface area (Å²) in [6, 6.07) is 0. The summed E-state index contributed by atoms with van der Waals surface area (Å²) >= 11 is 3.46. The van der Waals surface area contributed by atoms with Crippen LogP contribution in [0.1, 0.15) is 48.0 Å². The molecule has 0 heterocycles. The van der Waals surface area contributed by atoms with Crippen molar-refractivity contribution in [2.45, 2.75) is 48.0 Å². The smallest absolute Gasteiger partial charge is 0.378 e. The molecule has 0 aromatic carbocycles. The van der Waals surface area contributed by atoms with E-state index in [-0.39, 0.29) is 10.8 Å². The second-order valence-electron chi connectivity index (χ2n) is 6.59. The van der Waals surface area contributed by atoms with Crippen LogP contribution >= 0.6 is 12.9 Å². The maximum atomic E-state index is 11.0. The van der Waals surface area contributed by atoms with Gasteiger partial charge >= 0.3 is 6.09 Å². The van der Waals surface area contributed by atoms with E-state index in [9.17, 15) is 4.79 Å². The molecule has 0 spiro atoms. The predicted octanol–water partition coefficient (Wildman–Crippen LogP) is 3.66. The van der Waals surface area contributed by atoms with Crippen LogP contribution in [0, 0.1) is 16.7 Å². The molecule has 3 nitrogen and oxygen atoms in total. The van der Waals surface area contributed by atoms with Crippen molar-refractivity contribution in [2.24, 2.45) is 16.7 Å². The van der Waals surface area contributed by atoms with Crippen LogP contribution in [0.15, 0.2) is 0 Å². The van der Waals surface area contributed by atoms with Gasteiger partial charge in [-0.3, -0.25) is 0 Å². The Morgan fingerprint density at radius 3 is 2.06 bits per heavy atom. The highest BCUT2D eigenvalue weighted by Crippen LogP contribution is 2.35. The highest BCUT2D eigenvalue weighted by atomic mass is 32.1. The van der Waals surface area contributed by atoms with Gasteiger partial charge in [0.1, 0.15) is 0 Å². The molecule has 0 saturated carbocycles. The van der Waals surface area contributed by atoms with Crippen molar-refractivity contribution in [1.29, 1.82) is 0 Å². The van der Waals surface area contributed by atoms with Crippen molar-refractivity contribution < 1.29 is 8.98 Å². The van der Waals surface area contributed by atoms with Crippen LogP contribution in [0.25, 0.3) is 0 Å². The molecule has 0 bridgehead atoms. The molecule has 4 heteroatoms. The minimum atomic E-state index is -0.480. The summed E-state index contributed by atoms with van der Waals surface area (Å²) in [4.78, 5) is 11.0. The molecule has 0 saturated heterocycles. The Morgan fingerprint density at radius 2 is 1.75 bits per heavy atom.